The van der Waals surface area contributed by atoms with Gasteiger partial charge in [0.15, 0.2) is 4.84 Å². The molecule has 1 amide bonds. The predicted octanol–water partition coefficient (Wildman–Crippen LogP) is 3.27. The summed E-state index contributed by atoms with van der Waals surface area (Å²) in [6.45, 7) is 2.47. The van der Waals surface area contributed by atoms with Gasteiger partial charge in [-0.3, -0.25) is 4.79 Å². The molecule has 1 aliphatic heterocycles. The largest absolute Gasteiger partial charge is 0.353 e. The Balaban J connectivity index is 1.48. The standard InChI is InChI=1S/C17H20Cl2N4OS/c18-15(19)16(24)20-11-13-6-8-23(9-7-13)17-21-14(22-25-17)10-12-4-2-1-3-5-12/h1-5,13,15H,6-11H2,(H,20,24). The minimum atomic E-state index is -0.996. The molecule has 0 unspecified atom stereocenters. The van der Waals surface area contributed by atoms with Crippen LogP contribution in [-0.4, -0.2) is 39.7 Å². The van der Waals surface area contributed by atoms with Gasteiger partial charge in [-0.25, -0.2) is 4.98 Å². The molecule has 0 bridgehead atoms. The van der Waals surface area contributed by atoms with E-state index in [2.05, 4.69) is 31.7 Å². The molecule has 0 atom stereocenters. The zero-order chi connectivity index (χ0) is 17.6. The number of aromatic nitrogens is 2. The van der Waals surface area contributed by atoms with Gasteiger partial charge in [-0.1, -0.05) is 53.5 Å². The molecular formula is C17H20Cl2N4OS. The molecule has 0 radical (unpaired) electrons. The van der Waals surface area contributed by atoms with Crippen LogP contribution in [0.15, 0.2) is 30.3 Å². The first-order chi connectivity index (χ1) is 12.1. The number of halogens is 2. The first kappa shape index (κ1) is 18.4. The van der Waals surface area contributed by atoms with Crippen molar-refractivity contribution in [3.05, 3.63) is 41.7 Å². The van der Waals surface area contributed by atoms with Crippen LogP contribution in [0.3, 0.4) is 0 Å². The Morgan fingerprint density at radius 2 is 2.00 bits per heavy atom. The Bertz CT molecular complexity index is 687. The van der Waals surface area contributed by atoms with Crippen LogP contribution >= 0.6 is 34.7 Å². The van der Waals surface area contributed by atoms with Crippen molar-refractivity contribution in [1.82, 2.24) is 14.7 Å². The van der Waals surface area contributed by atoms with E-state index in [1.165, 1.54) is 17.1 Å². The van der Waals surface area contributed by atoms with E-state index in [1.54, 1.807) is 0 Å². The highest BCUT2D eigenvalue weighted by molar-refractivity contribution is 7.09. The van der Waals surface area contributed by atoms with Crippen molar-refractivity contribution in [2.75, 3.05) is 24.5 Å². The van der Waals surface area contributed by atoms with Crippen molar-refractivity contribution < 1.29 is 4.79 Å². The average Bonchev–Trinajstić information content (AvgIpc) is 3.09. The Kier molecular flexibility index (Phi) is 6.51. The minimum Gasteiger partial charge on any atom is -0.353 e. The number of carbonyl (C=O) groups excluding carboxylic acids is 1. The number of nitrogens with zero attached hydrogens (tertiary/aromatic N) is 3. The van der Waals surface area contributed by atoms with Crippen molar-refractivity contribution in [1.29, 1.82) is 0 Å². The highest BCUT2D eigenvalue weighted by Crippen LogP contribution is 2.25. The summed E-state index contributed by atoms with van der Waals surface area (Å²) in [5, 5.41) is 3.77. The highest BCUT2D eigenvalue weighted by Gasteiger charge is 2.23. The summed E-state index contributed by atoms with van der Waals surface area (Å²) in [6, 6.07) is 10.3. The van der Waals surface area contributed by atoms with E-state index in [0.29, 0.717) is 12.5 Å². The average molecular weight is 399 g/mol. The maximum Gasteiger partial charge on any atom is 0.253 e. The third-order valence-corrected chi connectivity index (χ3v) is 5.52. The summed E-state index contributed by atoms with van der Waals surface area (Å²) >= 11 is 12.5. The van der Waals surface area contributed by atoms with Crippen LogP contribution in [0.1, 0.15) is 24.2 Å². The monoisotopic (exact) mass is 398 g/mol. The van der Waals surface area contributed by atoms with Crippen LogP contribution in [0.5, 0.6) is 0 Å². The zero-order valence-electron chi connectivity index (χ0n) is 13.7. The van der Waals surface area contributed by atoms with E-state index in [-0.39, 0.29) is 5.91 Å². The summed E-state index contributed by atoms with van der Waals surface area (Å²) in [6.07, 6.45) is 2.77. The molecule has 5 nitrogen and oxygen atoms in total. The first-order valence-corrected chi connectivity index (χ1v) is 9.94. The summed E-state index contributed by atoms with van der Waals surface area (Å²) in [4.78, 5) is 17.4. The lowest BCUT2D eigenvalue weighted by Gasteiger charge is -2.31. The lowest BCUT2D eigenvalue weighted by Crippen LogP contribution is -2.39. The van der Waals surface area contributed by atoms with E-state index in [0.717, 1.165) is 43.3 Å². The number of benzene rings is 1. The Labute approximate surface area is 161 Å². The number of carbonyl (C=O) groups is 1. The van der Waals surface area contributed by atoms with Crippen molar-refractivity contribution in [3.8, 4) is 0 Å². The van der Waals surface area contributed by atoms with Crippen LogP contribution in [0.2, 0.25) is 0 Å². The zero-order valence-corrected chi connectivity index (χ0v) is 16.0. The van der Waals surface area contributed by atoms with Crippen molar-refractivity contribution >= 4 is 45.8 Å². The number of rotatable bonds is 6. The van der Waals surface area contributed by atoms with E-state index in [4.69, 9.17) is 23.2 Å². The lowest BCUT2D eigenvalue weighted by molar-refractivity contribution is -0.119. The van der Waals surface area contributed by atoms with Gasteiger partial charge in [0.25, 0.3) is 5.91 Å². The van der Waals surface area contributed by atoms with E-state index >= 15 is 0 Å². The molecule has 1 N–H and O–H groups in total. The maximum absolute atomic E-state index is 11.4. The summed E-state index contributed by atoms with van der Waals surface area (Å²) < 4.78 is 4.49. The summed E-state index contributed by atoms with van der Waals surface area (Å²) in [7, 11) is 0. The molecule has 2 heterocycles. The molecular weight excluding hydrogens is 379 g/mol. The van der Waals surface area contributed by atoms with Crippen LogP contribution < -0.4 is 10.2 Å². The van der Waals surface area contributed by atoms with Gasteiger partial charge in [0, 0.05) is 37.6 Å². The molecule has 0 spiro atoms. The Morgan fingerprint density at radius 1 is 1.28 bits per heavy atom. The van der Waals surface area contributed by atoms with Crippen LogP contribution in [0.25, 0.3) is 0 Å². The van der Waals surface area contributed by atoms with E-state index in [9.17, 15) is 4.79 Å². The fraction of sp³-hybridized carbons (Fsp3) is 0.471. The molecule has 1 fully saturated rings. The normalized spacial score (nSPS) is 15.6. The van der Waals surface area contributed by atoms with Gasteiger partial charge < -0.3 is 10.2 Å². The smallest absolute Gasteiger partial charge is 0.253 e. The first-order valence-electron chi connectivity index (χ1n) is 8.29. The van der Waals surface area contributed by atoms with Crippen LogP contribution in [-0.2, 0) is 11.2 Å². The number of alkyl halides is 2. The maximum atomic E-state index is 11.4. The topological polar surface area (TPSA) is 58.1 Å². The number of nitrogens with one attached hydrogen (secondary N) is 1. The minimum absolute atomic E-state index is 0.319. The Morgan fingerprint density at radius 3 is 2.68 bits per heavy atom. The third kappa shape index (κ3) is 5.30. The second-order valence-electron chi connectivity index (χ2n) is 6.13. The summed E-state index contributed by atoms with van der Waals surface area (Å²) in [5.41, 5.74) is 1.22. The molecule has 3 rings (SSSR count). The fourth-order valence-electron chi connectivity index (χ4n) is 2.87. The Hall–Kier alpha value is -1.37. The molecule has 8 heteroatoms. The molecule has 1 saturated heterocycles. The third-order valence-electron chi connectivity index (χ3n) is 4.31. The van der Waals surface area contributed by atoms with Crippen LogP contribution in [0, 0.1) is 5.92 Å². The van der Waals surface area contributed by atoms with Gasteiger partial charge in [0.2, 0.25) is 5.13 Å². The van der Waals surface area contributed by atoms with Gasteiger partial charge in [-0.2, -0.15) is 4.37 Å². The van der Waals surface area contributed by atoms with Gasteiger partial charge in [0.05, 0.1) is 0 Å². The number of anilines is 1. The summed E-state index contributed by atoms with van der Waals surface area (Å²) in [5.74, 6) is 1.00. The second-order valence-corrected chi connectivity index (χ2v) is 7.96. The van der Waals surface area contributed by atoms with Gasteiger partial charge >= 0.3 is 0 Å². The molecule has 1 aromatic heterocycles. The van der Waals surface area contributed by atoms with Crippen molar-refractivity contribution in [2.45, 2.75) is 24.1 Å². The molecule has 0 aliphatic carbocycles. The molecule has 134 valence electrons. The van der Waals surface area contributed by atoms with Gasteiger partial charge in [0.1, 0.15) is 5.82 Å². The van der Waals surface area contributed by atoms with Crippen LogP contribution in [0.4, 0.5) is 5.13 Å². The SMILES string of the molecule is O=C(NCC1CCN(c2nc(Cc3ccccc3)ns2)CC1)C(Cl)Cl. The van der Waals surface area contributed by atoms with Gasteiger partial charge in [-0.15, -0.1) is 0 Å². The number of hydrogen-bond donors (Lipinski definition) is 1. The molecule has 1 aromatic carbocycles. The second kappa shape index (κ2) is 8.83. The lowest BCUT2D eigenvalue weighted by atomic mass is 9.97. The van der Waals surface area contributed by atoms with E-state index < -0.39 is 4.84 Å². The van der Waals surface area contributed by atoms with Crippen molar-refractivity contribution in [2.24, 2.45) is 5.92 Å². The predicted molar refractivity (Wildman–Crippen MR) is 103 cm³/mol. The molecule has 1 aliphatic rings. The molecule has 25 heavy (non-hydrogen) atoms. The fourth-order valence-corrected chi connectivity index (χ4v) is 3.76. The number of hydrogen-bond acceptors (Lipinski definition) is 5. The molecule has 2 aromatic rings. The van der Waals surface area contributed by atoms with Gasteiger partial charge in [-0.05, 0) is 24.3 Å². The quantitative estimate of drug-likeness (QED) is 0.758. The van der Waals surface area contributed by atoms with Crippen molar-refractivity contribution in [3.63, 3.8) is 0 Å². The number of amides is 1. The highest BCUT2D eigenvalue weighted by atomic mass is 35.5. The number of piperidine rings is 1. The molecule has 0 saturated carbocycles. The van der Waals surface area contributed by atoms with E-state index in [1.807, 2.05) is 18.2 Å².